The quantitative estimate of drug-likeness (QED) is 0.0472. The fraction of sp³-hybridized carbons (Fsp3) is 0.375. The molecular weight excluding hydrogens is 745 g/mol. The van der Waals surface area contributed by atoms with Crippen LogP contribution in [-0.2, 0) is 18.8 Å². The van der Waals surface area contributed by atoms with Crippen molar-refractivity contribution < 1.29 is 28.8 Å². The molecule has 0 radical (unpaired) electrons. The molecule has 0 unspecified atom stereocenters. The summed E-state index contributed by atoms with van der Waals surface area (Å²) in [6, 6.07) is 30.8. The van der Waals surface area contributed by atoms with Crippen LogP contribution in [-0.4, -0.2) is 49.5 Å². The molecule has 2 amide bonds. The lowest BCUT2D eigenvalue weighted by molar-refractivity contribution is -0.384. The molecule has 58 heavy (non-hydrogen) atoms. The number of aryl methyl sites for hydroxylation is 2. The van der Waals surface area contributed by atoms with Gasteiger partial charge in [-0.25, -0.2) is 4.90 Å². The lowest BCUT2D eigenvalue weighted by atomic mass is 9.69. The number of nitro groups is 1. The van der Waals surface area contributed by atoms with E-state index in [9.17, 15) is 24.8 Å². The van der Waals surface area contributed by atoms with Gasteiger partial charge in [-0.15, -0.1) is 0 Å². The van der Waals surface area contributed by atoms with Gasteiger partial charge in [0.25, 0.3) is 14.0 Å². The van der Waals surface area contributed by atoms with Crippen LogP contribution < -0.4 is 15.3 Å². The first-order chi connectivity index (χ1) is 27.7. The second-order valence-corrected chi connectivity index (χ2v) is 21.5. The fourth-order valence-corrected chi connectivity index (χ4v) is 14.3. The second kappa shape index (κ2) is 16.6. The number of carbonyl (C=O) groups is 2. The Kier molecular flexibility index (Phi) is 11.7. The number of fused-ring (bicyclic) bond motifs is 3. The number of phenolic OH excluding ortho intramolecular Hbond substituents is 1. The largest absolute Gasteiger partial charge is 0.507 e. The number of non-ortho nitro benzene ring substituents is 1. The van der Waals surface area contributed by atoms with E-state index in [0.717, 1.165) is 57.5 Å². The number of carbonyl (C=O) groups excluding carboxylic acids is 2. The van der Waals surface area contributed by atoms with Crippen molar-refractivity contribution in [2.24, 2.45) is 17.8 Å². The smallest absolute Gasteiger partial charge is 0.271 e. The summed E-state index contributed by atoms with van der Waals surface area (Å²) in [5, 5.41) is 24.1. The molecule has 2 saturated heterocycles. The number of aromatic hydroxyl groups is 1. The van der Waals surface area contributed by atoms with Crippen LogP contribution in [0.2, 0.25) is 5.04 Å². The molecule has 0 saturated carbocycles. The summed E-state index contributed by atoms with van der Waals surface area (Å²) in [5.41, 5.74) is 6.12. The topological polar surface area (TPSA) is 119 Å². The molecule has 7 rings (SSSR count). The van der Waals surface area contributed by atoms with E-state index in [1.807, 2.05) is 38.1 Å². The zero-order valence-electron chi connectivity index (χ0n) is 34.4. The van der Waals surface area contributed by atoms with Crippen molar-refractivity contribution in [3.05, 3.63) is 141 Å². The summed E-state index contributed by atoms with van der Waals surface area (Å²) in [5.74, 6) is -1.97. The van der Waals surface area contributed by atoms with Gasteiger partial charge in [-0.1, -0.05) is 112 Å². The predicted octanol–water partition coefficient (Wildman–Crippen LogP) is 8.98. The van der Waals surface area contributed by atoms with E-state index in [2.05, 4.69) is 82.3 Å². The first-order valence-corrected chi connectivity index (χ1v) is 22.4. The highest BCUT2D eigenvalue weighted by atomic mass is 28.4. The van der Waals surface area contributed by atoms with E-state index >= 15 is 0 Å². The number of imide groups is 1. The Bertz CT molecular complexity index is 2200. The minimum absolute atomic E-state index is 0.177. The van der Waals surface area contributed by atoms with Gasteiger partial charge in [0, 0.05) is 18.1 Å². The summed E-state index contributed by atoms with van der Waals surface area (Å²) in [6.07, 6.45) is 5.65. The van der Waals surface area contributed by atoms with Crippen molar-refractivity contribution in [3.8, 4) is 5.75 Å². The van der Waals surface area contributed by atoms with E-state index < -0.39 is 25.1 Å². The van der Waals surface area contributed by atoms with Gasteiger partial charge < -0.3 is 14.3 Å². The molecule has 4 atom stereocenters. The lowest BCUT2D eigenvalue weighted by Crippen LogP contribution is -2.66. The molecule has 0 bridgehead atoms. The minimum atomic E-state index is -2.98. The van der Waals surface area contributed by atoms with Crippen LogP contribution in [0.3, 0.4) is 0 Å². The van der Waals surface area contributed by atoms with Gasteiger partial charge >= 0.3 is 0 Å². The van der Waals surface area contributed by atoms with Crippen molar-refractivity contribution in [2.75, 3.05) is 18.1 Å². The highest BCUT2D eigenvalue weighted by molar-refractivity contribution is 6.99. The number of rotatable bonds is 13. The SMILES string of the molecule is CCC/C(=C\c1cc(C)c(O)c(C)c1)CC[C@H]1OC[C@H]2C1=C(CO[Si](c1ccccc1)(c1ccccc1)C(C)(C)C)C[C@H]1C(=O)N(c3cccc([N+](=O)[O-])c3)C(=O)[C@H]12. The third kappa shape index (κ3) is 7.61. The Balaban J connectivity index is 1.28. The highest BCUT2D eigenvalue weighted by Crippen LogP contribution is 2.51. The van der Waals surface area contributed by atoms with Gasteiger partial charge in [0.05, 0.1) is 41.8 Å². The van der Waals surface area contributed by atoms with E-state index in [0.29, 0.717) is 25.2 Å². The van der Waals surface area contributed by atoms with Crippen molar-refractivity contribution in [3.63, 3.8) is 0 Å². The van der Waals surface area contributed by atoms with Crippen LogP contribution in [0, 0.1) is 41.7 Å². The molecule has 4 aromatic rings. The Labute approximate surface area is 342 Å². The molecule has 0 aromatic heterocycles. The molecule has 2 fully saturated rings. The van der Waals surface area contributed by atoms with Crippen LogP contribution in [0.1, 0.15) is 76.5 Å². The maximum atomic E-state index is 14.4. The normalized spacial score (nSPS) is 21.1. The number of amides is 2. The number of allylic oxidation sites excluding steroid dienone is 1. The van der Waals surface area contributed by atoms with E-state index in [1.54, 1.807) is 6.07 Å². The standard InChI is InChI=1S/C48H54N2O7Si/c1-7-15-33(26-34-24-31(2)45(51)32(3)25-34)22-23-42-43-35(29-57-58(48(4,5)6,38-18-10-8-11-19-38)39-20-12-9-13-21-39)27-40-44(41(43)30-56-42)47(53)49(46(40)52)36-16-14-17-37(28-36)50(54)55/h8-14,16-21,24-26,28,40-42,44,51H,7,15,22-23,27,29-30H2,1-6H3/b33-26+/t40-,41+,42-,44-/m1/s1. The number of hydrogen-bond acceptors (Lipinski definition) is 7. The summed E-state index contributed by atoms with van der Waals surface area (Å²) in [4.78, 5) is 41.2. The van der Waals surface area contributed by atoms with Gasteiger partial charge in [0.15, 0.2) is 0 Å². The molecule has 1 N–H and O–H groups in total. The third-order valence-electron chi connectivity index (χ3n) is 12.4. The van der Waals surface area contributed by atoms with Crippen LogP contribution in [0.15, 0.2) is 114 Å². The average molecular weight is 799 g/mol. The molecule has 10 heteroatoms. The molecule has 302 valence electrons. The fourth-order valence-electron chi connectivity index (χ4n) is 9.78. The van der Waals surface area contributed by atoms with Crippen molar-refractivity contribution in [2.45, 2.75) is 84.8 Å². The summed E-state index contributed by atoms with van der Waals surface area (Å²) in [7, 11) is -2.98. The molecule has 2 heterocycles. The third-order valence-corrected chi connectivity index (χ3v) is 17.4. The van der Waals surface area contributed by atoms with Crippen LogP contribution >= 0.6 is 0 Å². The summed E-state index contributed by atoms with van der Waals surface area (Å²) < 4.78 is 14.2. The average Bonchev–Trinajstić information content (AvgIpc) is 3.74. The second-order valence-electron chi connectivity index (χ2n) is 17.2. The molecule has 2 aliphatic heterocycles. The summed E-state index contributed by atoms with van der Waals surface area (Å²) in [6.45, 7) is 13.3. The zero-order chi connectivity index (χ0) is 41.4. The molecular formula is C48H54N2O7Si. The number of anilines is 1. The Morgan fingerprint density at radius 3 is 2.14 bits per heavy atom. The number of benzene rings is 4. The molecule has 1 aliphatic carbocycles. The Hall–Kier alpha value is -5.16. The minimum Gasteiger partial charge on any atom is -0.507 e. The Morgan fingerprint density at radius 1 is 0.914 bits per heavy atom. The maximum Gasteiger partial charge on any atom is 0.271 e. The molecule has 0 spiro atoms. The molecule has 3 aliphatic rings. The van der Waals surface area contributed by atoms with E-state index in [-0.39, 0.29) is 46.9 Å². The van der Waals surface area contributed by atoms with Gasteiger partial charge in [0.1, 0.15) is 5.75 Å². The first-order valence-electron chi connectivity index (χ1n) is 20.5. The summed E-state index contributed by atoms with van der Waals surface area (Å²) >= 11 is 0. The monoisotopic (exact) mass is 798 g/mol. The number of nitro benzene ring substituents is 1. The number of hydrogen-bond donors (Lipinski definition) is 1. The number of nitrogens with zero attached hydrogens (tertiary/aromatic N) is 2. The number of ether oxygens (including phenoxy) is 1. The van der Waals surface area contributed by atoms with Gasteiger partial charge in [-0.2, -0.15) is 0 Å². The van der Waals surface area contributed by atoms with Gasteiger partial charge in [-0.05, 0) is 101 Å². The van der Waals surface area contributed by atoms with Gasteiger partial charge in [0.2, 0.25) is 11.8 Å². The van der Waals surface area contributed by atoms with Crippen LogP contribution in [0.5, 0.6) is 5.75 Å². The van der Waals surface area contributed by atoms with Crippen molar-refractivity contribution >= 4 is 48.0 Å². The predicted molar refractivity (Wildman–Crippen MR) is 231 cm³/mol. The van der Waals surface area contributed by atoms with Crippen LogP contribution in [0.4, 0.5) is 11.4 Å². The highest BCUT2D eigenvalue weighted by Gasteiger charge is 2.58. The number of phenols is 1. The molecule has 9 nitrogen and oxygen atoms in total. The Morgan fingerprint density at radius 2 is 1.55 bits per heavy atom. The maximum absolute atomic E-state index is 14.4. The lowest BCUT2D eigenvalue weighted by Gasteiger charge is -2.44. The van der Waals surface area contributed by atoms with Crippen molar-refractivity contribution in [1.82, 2.24) is 0 Å². The van der Waals surface area contributed by atoms with Crippen LogP contribution in [0.25, 0.3) is 6.08 Å². The molecule has 4 aromatic carbocycles. The van der Waals surface area contributed by atoms with Crippen molar-refractivity contribution in [1.29, 1.82) is 0 Å². The van der Waals surface area contributed by atoms with E-state index in [1.165, 1.54) is 28.7 Å². The van der Waals surface area contributed by atoms with Gasteiger partial charge in [-0.3, -0.25) is 19.7 Å². The van der Waals surface area contributed by atoms with E-state index in [4.69, 9.17) is 9.16 Å². The first kappa shape index (κ1) is 41.0. The zero-order valence-corrected chi connectivity index (χ0v) is 35.4.